The minimum atomic E-state index is -0.0862. The van der Waals surface area contributed by atoms with E-state index in [-0.39, 0.29) is 17.9 Å². The number of carbonyl (C=O) groups excluding carboxylic acids is 1. The molecule has 1 aliphatic heterocycles. The van der Waals surface area contributed by atoms with Crippen LogP contribution in [0.1, 0.15) is 30.9 Å². The number of nitrogens with zero attached hydrogens (tertiary/aromatic N) is 4. The standard InChI is InChI=1S/C19H25N5O2/c1-26-19(25)14-5-9-24(10-6-14)11-7-17(20)15-2-3-18(21-12-15)16-4-8-22-23-13-16/h2-4,8,12-14,17H,5-7,9-11,20H2,1H3/t17-/m1/s1. The number of hydrogen-bond acceptors (Lipinski definition) is 7. The second-order valence-corrected chi connectivity index (χ2v) is 6.64. The van der Waals surface area contributed by atoms with Crippen LogP contribution in [-0.2, 0) is 9.53 Å². The minimum Gasteiger partial charge on any atom is -0.469 e. The average molecular weight is 355 g/mol. The summed E-state index contributed by atoms with van der Waals surface area (Å²) in [6, 6.07) is 5.82. The van der Waals surface area contributed by atoms with E-state index in [9.17, 15) is 4.79 Å². The Balaban J connectivity index is 1.48. The van der Waals surface area contributed by atoms with Gasteiger partial charge in [-0.15, -0.1) is 0 Å². The lowest BCUT2D eigenvalue weighted by Gasteiger charge is -2.31. The van der Waals surface area contributed by atoms with E-state index in [1.807, 2.05) is 24.4 Å². The molecule has 7 nitrogen and oxygen atoms in total. The minimum absolute atomic E-state index is 0.0457. The van der Waals surface area contributed by atoms with E-state index in [2.05, 4.69) is 20.1 Å². The van der Waals surface area contributed by atoms with Crippen molar-refractivity contribution in [2.24, 2.45) is 11.7 Å². The average Bonchev–Trinajstić information content (AvgIpc) is 2.72. The summed E-state index contributed by atoms with van der Waals surface area (Å²) in [4.78, 5) is 18.4. The molecular formula is C19H25N5O2. The van der Waals surface area contributed by atoms with Crippen LogP contribution in [-0.4, -0.2) is 52.8 Å². The highest BCUT2D eigenvalue weighted by Gasteiger charge is 2.25. The number of nitrogens with two attached hydrogens (primary N) is 1. The predicted molar refractivity (Wildman–Crippen MR) is 98.0 cm³/mol. The third-order valence-electron chi connectivity index (χ3n) is 4.97. The lowest BCUT2D eigenvalue weighted by Crippen LogP contribution is -2.38. The quantitative estimate of drug-likeness (QED) is 0.790. The number of pyridine rings is 1. The first-order valence-corrected chi connectivity index (χ1v) is 8.96. The van der Waals surface area contributed by atoms with Gasteiger partial charge in [-0.05, 0) is 56.6 Å². The van der Waals surface area contributed by atoms with Crippen LogP contribution in [0.2, 0.25) is 0 Å². The molecule has 2 N–H and O–H groups in total. The number of hydrogen-bond donors (Lipinski definition) is 1. The zero-order valence-electron chi connectivity index (χ0n) is 15.0. The summed E-state index contributed by atoms with van der Waals surface area (Å²) in [5.41, 5.74) is 9.16. The fourth-order valence-corrected chi connectivity index (χ4v) is 3.28. The van der Waals surface area contributed by atoms with Gasteiger partial charge in [0.05, 0.1) is 31.1 Å². The molecule has 3 heterocycles. The van der Waals surface area contributed by atoms with Crippen LogP contribution < -0.4 is 5.73 Å². The van der Waals surface area contributed by atoms with Crippen LogP contribution in [0.5, 0.6) is 0 Å². The molecule has 0 spiro atoms. The van der Waals surface area contributed by atoms with Crippen LogP contribution in [0, 0.1) is 5.92 Å². The molecule has 0 aromatic carbocycles. The Bertz CT molecular complexity index is 700. The summed E-state index contributed by atoms with van der Waals surface area (Å²) < 4.78 is 4.83. The maximum absolute atomic E-state index is 11.6. The number of piperidine rings is 1. The summed E-state index contributed by atoms with van der Waals surface area (Å²) in [6.07, 6.45) is 7.76. The van der Waals surface area contributed by atoms with Crippen molar-refractivity contribution < 1.29 is 9.53 Å². The van der Waals surface area contributed by atoms with Crippen LogP contribution in [0.4, 0.5) is 0 Å². The van der Waals surface area contributed by atoms with Gasteiger partial charge >= 0.3 is 5.97 Å². The number of aromatic nitrogens is 3. The van der Waals surface area contributed by atoms with E-state index < -0.39 is 0 Å². The number of carbonyl (C=O) groups is 1. The third kappa shape index (κ3) is 4.62. The molecule has 0 saturated carbocycles. The Labute approximate surface area is 153 Å². The Morgan fingerprint density at radius 1 is 1.27 bits per heavy atom. The van der Waals surface area contributed by atoms with Crippen molar-refractivity contribution >= 4 is 5.97 Å². The summed E-state index contributed by atoms with van der Waals surface area (Å²) in [5.74, 6) is -0.0405. The van der Waals surface area contributed by atoms with Gasteiger partial charge in [-0.1, -0.05) is 6.07 Å². The molecule has 1 aliphatic rings. The van der Waals surface area contributed by atoms with E-state index >= 15 is 0 Å². The van der Waals surface area contributed by atoms with Crippen molar-refractivity contribution in [2.45, 2.75) is 25.3 Å². The highest BCUT2D eigenvalue weighted by Crippen LogP contribution is 2.22. The van der Waals surface area contributed by atoms with E-state index in [1.54, 1.807) is 12.4 Å². The van der Waals surface area contributed by atoms with Gasteiger partial charge in [0.2, 0.25) is 0 Å². The van der Waals surface area contributed by atoms with Gasteiger partial charge < -0.3 is 15.4 Å². The van der Waals surface area contributed by atoms with Gasteiger partial charge in [0.25, 0.3) is 0 Å². The number of rotatable bonds is 6. The molecule has 1 saturated heterocycles. The maximum atomic E-state index is 11.6. The van der Waals surface area contributed by atoms with E-state index in [0.717, 1.165) is 55.7 Å². The second kappa shape index (κ2) is 8.82. The first kappa shape index (κ1) is 18.4. The lowest BCUT2D eigenvalue weighted by atomic mass is 9.96. The van der Waals surface area contributed by atoms with Crippen LogP contribution in [0.15, 0.2) is 36.8 Å². The Morgan fingerprint density at radius 2 is 2.08 bits per heavy atom. The highest BCUT2D eigenvalue weighted by molar-refractivity contribution is 5.72. The zero-order valence-corrected chi connectivity index (χ0v) is 15.0. The monoisotopic (exact) mass is 355 g/mol. The summed E-state index contributed by atoms with van der Waals surface area (Å²) >= 11 is 0. The van der Waals surface area contributed by atoms with Gasteiger partial charge in [-0.25, -0.2) is 0 Å². The second-order valence-electron chi connectivity index (χ2n) is 6.64. The Kier molecular flexibility index (Phi) is 6.25. The predicted octanol–water partition coefficient (Wildman–Crippen LogP) is 1.81. The molecule has 3 rings (SSSR count). The summed E-state index contributed by atoms with van der Waals surface area (Å²) in [5, 5.41) is 7.65. The molecule has 1 atom stereocenters. The number of ether oxygens (including phenoxy) is 1. The fourth-order valence-electron chi connectivity index (χ4n) is 3.28. The van der Waals surface area contributed by atoms with Crippen molar-refractivity contribution in [3.05, 3.63) is 42.4 Å². The Hall–Kier alpha value is -2.38. The normalized spacial score (nSPS) is 17.0. The molecule has 0 radical (unpaired) electrons. The van der Waals surface area contributed by atoms with Crippen LogP contribution in [0.3, 0.4) is 0 Å². The molecule has 0 aliphatic carbocycles. The lowest BCUT2D eigenvalue weighted by molar-refractivity contribution is -0.147. The molecule has 0 unspecified atom stereocenters. The number of esters is 1. The first-order valence-electron chi connectivity index (χ1n) is 8.96. The topological polar surface area (TPSA) is 94.2 Å². The number of likely N-dealkylation sites (tertiary alicyclic amines) is 1. The largest absolute Gasteiger partial charge is 0.469 e. The summed E-state index contributed by atoms with van der Waals surface area (Å²) in [7, 11) is 1.46. The van der Waals surface area contributed by atoms with Crippen molar-refractivity contribution in [3.63, 3.8) is 0 Å². The molecule has 138 valence electrons. The van der Waals surface area contributed by atoms with Gasteiger partial charge in [0.1, 0.15) is 0 Å². The molecule has 0 amide bonds. The van der Waals surface area contributed by atoms with Crippen molar-refractivity contribution in [3.8, 4) is 11.3 Å². The molecule has 2 aromatic heterocycles. The fraction of sp³-hybridized carbons (Fsp3) is 0.474. The molecule has 0 bridgehead atoms. The number of methoxy groups -OCH3 is 1. The highest BCUT2D eigenvalue weighted by atomic mass is 16.5. The van der Waals surface area contributed by atoms with Crippen molar-refractivity contribution in [1.82, 2.24) is 20.1 Å². The third-order valence-corrected chi connectivity index (χ3v) is 4.97. The zero-order chi connectivity index (χ0) is 18.4. The van der Waals surface area contributed by atoms with Gasteiger partial charge in [-0.3, -0.25) is 9.78 Å². The van der Waals surface area contributed by atoms with Gasteiger partial charge in [0, 0.05) is 17.8 Å². The maximum Gasteiger partial charge on any atom is 0.308 e. The molecule has 7 heteroatoms. The van der Waals surface area contributed by atoms with E-state index in [4.69, 9.17) is 10.5 Å². The first-order chi connectivity index (χ1) is 12.7. The van der Waals surface area contributed by atoms with Gasteiger partial charge in [-0.2, -0.15) is 10.2 Å². The van der Waals surface area contributed by atoms with Crippen molar-refractivity contribution in [1.29, 1.82) is 0 Å². The molecular weight excluding hydrogens is 330 g/mol. The SMILES string of the molecule is COC(=O)C1CCN(CC[C@@H](N)c2ccc(-c3ccnnc3)nc2)CC1. The van der Waals surface area contributed by atoms with Crippen molar-refractivity contribution in [2.75, 3.05) is 26.7 Å². The smallest absolute Gasteiger partial charge is 0.308 e. The summed E-state index contributed by atoms with van der Waals surface area (Å²) in [6.45, 7) is 2.75. The molecule has 26 heavy (non-hydrogen) atoms. The molecule has 1 fully saturated rings. The van der Waals surface area contributed by atoms with Gasteiger partial charge in [0.15, 0.2) is 0 Å². The Morgan fingerprint density at radius 3 is 2.69 bits per heavy atom. The van der Waals surface area contributed by atoms with Crippen LogP contribution in [0.25, 0.3) is 11.3 Å². The molecule has 2 aromatic rings. The van der Waals surface area contributed by atoms with E-state index in [1.165, 1.54) is 7.11 Å². The van der Waals surface area contributed by atoms with E-state index in [0.29, 0.717) is 0 Å². The van der Waals surface area contributed by atoms with Crippen LogP contribution >= 0.6 is 0 Å².